The molecule has 2 aromatic carbocycles. The number of anilines is 1. The summed E-state index contributed by atoms with van der Waals surface area (Å²) in [4.78, 5) is 25.8. The lowest BCUT2D eigenvalue weighted by atomic mass is 9.83. The fourth-order valence-corrected chi connectivity index (χ4v) is 3.86. The van der Waals surface area contributed by atoms with Crippen LogP contribution in [0.5, 0.6) is 0 Å². The third-order valence-electron chi connectivity index (χ3n) is 5.41. The summed E-state index contributed by atoms with van der Waals surface area (Å²) >= 11 is 0. The first-order valence-electron chi connectivity index (χ1n) is 10.5. The molecule has 0 aromatic heterocycles. The van der Waals surface area contributed by atoms with Crippen LogP contribution in [0.3, 0.4) is 0 Å². The van der Waals surface area contributed by atoms with E-state index >= 15 is 0 Å². The molecule has 1 aliphatic carbocycles. The van der Waals surface area contributed by atoms with Gasteiger partial charge < -0.3 is 11.1 Å². The topological polar surface area (TPSA) is 72.2 Å². The van der Waals surface area contributed by atoms with Gasteiger partial charge in [-0.15, -0.1) is 0 Å². The fraction of sp³-hybridized carbons (Fsp3) is 0.417. The molecule has 0 radical (unpaired) electrons. The fourth-order valence-electron chi connectivity index (χ4n) is 3.86. The third-order valence-corrected chi connectivity index (χ3v) is 5.41. The molecular weight excluding hydrogens is 348 g/mol. The van der Waals surface area contributed by atoms with Crippen molar-refractivity contribution >= 4 is 17.3 Å². The first kappa shape index (κ1) is 20.3. The normalized spacial score (nSPS) is 13.8. The van der Waals surface area contributed by atoms with Crippen molar-refractivity contribution in [3.05, 3.63) is 64.7 Å². The third kappa shape index (κ3) is 4.50. The SMILES string of the molecule is CCCCCCCCCC(N)Nc1cccc2c1C(=O)c1ccccc1C2=O. The predicted octanol–water partition coefficient (Wildman–Crippen LogP) is 5.30. The highest BCUT2D eigenvalue weighted by molar-refractivity contribution is 6.30. The van der Waals surface area contributed by atoms with Crippen molar-refractivity contribution in [2.45, 2.75) is 64.5 Å². The first-order chi connectivity index (χ1) is 13.6. The minimum Gasteiger partial charge on any atom is -0.369 e. The molecule has 0 aliphatic heterocycles. The Morgan fingerprint density at radius 2 is 1.39 bits per heavy atom. The zero-order chi connectivity index (χ0) is 19.9. The Bertz CT molecular complexity index is 844. The number of hydrogen-bond acceptors (Lipinski definition) is 4. The highest BCUT2D eigenvalue weighted by Crippen LogP contribution is 2.32. The van der Waals surface area contributed by atoms with E-state index in [0.29, 0.717) is 27.9 Å². The number of benzene rings is 2. The Hall–Kier alpha value is -2.46. The van der Waals surface area contributed by atoms with E-state index in [1.807, 2.05) is 6.07 Å². The molecule has 3 rings (SSSR count). The van der Waals surface area contributed by atoms with Crippen LogP contribution in [0.4, 0.5) is 5.69 Å². The summed E-state index contributed by atoms with van der Waals surface area (Å²) in [7, 11) is 0. The first-order valence-corrected chi connectivity index (χ1v) is 10.5. The van der Waals surface area contributed by atoms with Crippen molar-refractivity contribution in [1.82, 2.24) is 0 Å². The summed E-state index contributed by atoms with van der Waals surface area (Å²) in [6.45, 7) is 2.23. The highest BCUT2D eigenvalue weighted by atomic mass is 16.1. The molecule has 4 heteroatoms. The zero-order valence-corrected chi connectivity index (χ0v) is 16.7. The number of ketones is 2. The van der Waals surface area contributed by atoms with E-state index < -0.39 is 0 Å². The van der Waals surface area contributed by atoms with Crippen molar-refractivity contribution in [2.24, 2.45) is 5.73 Å². The van der Waals surface area contributed by atoms with Crippen LogP contribution in [0.1, 0.15) is 90.1 Å². The smallest absolute Gasteiger partial charge is 0.196 e. The molecule has 28 heavy (non-hydrogen) atoms. The van der Waals surface area contributed by atoms with Crippen LogP contribution in [-0.2, 0) is 0 Å². The van der Waals surface area contributed by atoms with Crippen LogP contribution >= 0.6 is 0 Å². The summed E-state index contributed by atoms with van der Waals surface area (Å²) in [5.74, 6) is -0.217. The van der Waals surface area contributed by atoms with Gasteiger partial charge in [-0.3, -0.25) is 9.59 Å². The minimum atomic E-state index is -0.234. The molecule has 0 saturated heterocycles. The number of nitrogens with two attached hydrogens (primary N) is 1. The molecule has 4 nitrogen and oxygen atoms in total. The lowest BCUT2D eigenvalue weighted by Crippen LogP contribution is -2.31. The van der Waals surface area contributed by atoms with Gasteiger partial charge in [0.05, 0.1) is 11.7 Å². The summed E-state index contributed by atoms with van der Waals surface area (Å²) in [5.41, 5.74) is 8.77. The Balaban J connectivity index is 1.63. The number of carbonyl (C=O) groups excluding carboxylic acids is 2. The molecule has 0 amide bonds. The summed E-state index contributed by atoms with van der Waals surface area (Å²) in [6.07, 6.45) is 9.28. The number of unbranched alkanes of at least 4 members (excludes halogenated alkanes) is 6. The summed E-state index contributed by atoms with van der Waals surface area (Å²) in [5, 5.41) is 3.27. The second-order valence-electron chi connectivity index (χ2n) is 7.59. The molecule has 2 aromatic rings. The maximum atomic E-state index is 13.0. The maximum Gasteiger partial charge on any atom is 0.196 e. The number of nitrogens with one attached hydrogen (secondary N) is 1. The number of rotatable bonds is 10. The van der Waals surface area contributed by atoms with Gasteiger partial charge in [0.25, 0.3) is 0 Å². The molecule has 0 heterocycles. The van der Waals surface area contributed by atoms with Crippen LogP contribution in [0.2, 0.25) is 0 Å². The second-order valence-corrected chi connectivity index (χ2v) is 7.59. The molecule has 3 N–H and O–H groups in total. The molecule has 0 bridgehead atoms. The molecule has 1 atom stereocenters. The second kappa shape index (κ2) is 9.65. The van der Waals surface area contributed by atoms with Gasteiger partial charge >= 0.3 is 0 Å². The monoisotopic (exact) mass is 378 g/mol. The predicted molar refractivity (Wildman–Crippen MR) is 114 cm³/mol. The van der Waals surface area contributed by atoms with Crippen LogP contribution in [0, 0.1) is 0 Å². The molecule has 0 spiro atoms. The molecule has 0 saturated carbocycles. The molecule has 148 valence electrons. The zero-order valence-electron chi connectivity index (χ0n) is 16.7. The maximum absolute atomic E-state index is 13.0. The van der Waals surface area contributed by atoms with Crippen molar-refractivity contribution in [3.63, 3.8) is 0 Å². The van der Waals surface area contributed by atoms with E-state index in [2.05, 4.69) is 12.2 Å². The Kier molecular flexibility index (Phi) is 6.99. The minimum absolute atomic E-state index is 0.102. The van der Waals surface area contributed by atoms with E-state index in [1.54, 1.807) is 36.4 Å². The van der Waals surface area contributed by atoms with Gasteiger partial charge in [-0.05, 0) is 12.5 Å². The van der Waals surface area contributed by atoms with Crippen molar-refractivity contribution in [2.75, 3.05) is 5.32 Å². The average Bonchev–Trinajstić information content (AvgIpc) is 2.71. The lowest BCUT2D eigenvalue weighted by Gasteiger charge is -2.23. The average molecular weight is 379 g/mol. The Labute approximate surface area is 167 Å². The number of fused-ring (bicyclic) bond motifs is 2. The van der Waals surface area contributed by atoms with Crippen molar-refractivity contribution in [1.29, 1.82) is 0 Å². The van der Waals surface area contributed by atoms with Crippen molar-refractivity contribution in [3.8, 4) is 0 Å². The molecular formula is C24H30N2O2. The van der Waals surface area contributed by atoms with Gasteiger partial charge in [0, 0.05) is 22.4 Å². The number of hydrogen-bond donors (Lipinski definition) is 2. The summed E-state index contributed by atoms with van der Waals surface area (Å²) in [6, 6.07) is 12.4. The van der Waals surface area contributed by atoms with Gasteiger partial charge in [-0.1, -0.05) is 88.3 Å². The number of carbonyl (C=O) groups is 2. The van der Waals surface area contributed by atoms with Gasteiger partial charge in [0.2, 0.25) is 0 Å². The summed E-state index contributed by atoms with van der Waals surface area (Å²) < 4.78 is 0. The van der Waals surface area contributed by atoms with Crippen LogP contribution < -0.4 is 11.1 Å². The van der Waals surface area contributed by atoms with Gasteiger partial charge in [-0.25, -0.2) is 0 Å². The quantitative estimate of drug-likeness (QED) is 0.371. The molecule has 1 unspecified atom stereocenters. The lowest BCUT2D eigenvalue weighted by molar-refractivity contribution is 0.0979. The van der Waals surface area contributed by atoms with E-state index in [4.69, 9.17) is 5.73 Å². The standard InChI is InChI=1S/C24H30N2O2/c1-2-3-4-5-6-7-8-16-21(25)26-20-15-11-14-19-22(20)24(28)18-13-10-9-12-17(18)23(19)27/h9-15,21,26H,2-8,16,25H2,1H3. The van der Waals surface area contributed by atoms with Gasteiger partial charge in [0.1, 0.15) is 0 Å². The molecule has 0 fully saturated rings. The van der Waals surface area contributed by atoms with E-state index in [1.165, 1.54) is 38.5 Å². The largest absolute Gasteiger partial charge is 0.369 e. The highest BCUT2D eigenvalue weighted by Gasteiger charge is 2.31. The van der Waals surface area contributed by atoms with Crippen LogP contribution in [0.15, 0.2) is 42.5 Å². The molecule has 1 aliphatic rings. The Morgan fingerprint density at radius 1 is 0.786 bits per heavy atom. The Morgan fingerprint density at radius 3 is 2.11 bits per heavy atom. The van der Waals surface area contributed by atoms with Crippen molar-refractivity contribution < 1.29 is 9.59 Å². The van der Waals surface area contributed by atoms with Gasteiger partial charge in [-0.2, -0.15) is 0 Å². The van der Waals surface area contributed by atoms with Crippen LogP contribution in [0.25, 0.3) is 0 Å². The van der Waals surface area contributed by atoms with E-state index in [-0.39, 0.29) is 17.7 Å². The van der Waals surface area contributed by atoms with E-state index in [9.17, 15) is 9.59 Å². The van der Waals surface area contributed by atoms with Gasteiger partial charge in [0.15, 0.2) is 11.6 Å². The van der Waals surface area contributed by atoms with E-state index in [0.717, 1.165) is 12.8 Å². The van der Waals surface area contributed by atoms with Crippen LogP contribution in [-0.4, -0.2) is 17.7 Å².